The summed E-state index contributed by atoms with van der Waals surface area (Å²) in [6.07, 6.45) is 4.36. The summed E-state index contributed by atoms with van der Waals surface area (Å²) >= 11 is 1.40. The Bertz CT molecular complexity index is 1070. The lowest BCUT2D eigenvalue weighted by Gasteiger charge is -2.36. The Kier molecular flexibility index (Phi) is 6.41. The summed E-state index contributed by atoms with van der Waals surface area (Å²) in [6.45, 7) is 6.51. The second kappa shape index (κ2) is 9.61. The summed E-state index contributed by atoms with van der Waals surface area (Å²) in [4.78, 5) is 14.9. The van der Waals surface area contributed by atoms with Gasteiger partial charge in [0.15, 0.2) is 5.16 Å². The molecule has 3 heterocycles. The number of rotatable bonds is 8. The topological polar surface area (TPSA) is 85.4 Å². The first-order chi connectivity index (χ1) is 16.0. The van der Waals surface area contributed by atoms with Gasteiger partial charge < -0.3 is 19.4 Å². The van der Waals surface area contributed by atoms with E-state index in [4.69, 9.17) is 9.15 Å². The van der Waals surface area contributed by atoms with Crippen molar-refractivity contribution < 1.29 is 13.9 Å². The molecule has 1 saturated carbocycles. The summed E-state index contributed by atoms with van der Waals surface area (Å²) in [6, 6.07) is 11.8. The fourth-order valence-corrected chi connectivity index (χ4v) is 4.97. The van der Waals surface area contributed by atoms with E-state index in [1.807, 2.05) is 24.3 Å². The van der Waals surface area contributed by atoms with Crippen LogP contribution in [0.25, 0.3) is 0 Å². The minimum Gasteiger partial charge on any atom is -0.467 e. The number of anilines is 2. The van der Waals surface area contributed by atoms with Gasteiger partial charge in [-0.2, -0.15) is 0 Å². The molecule has 2 unspecified atom stereocenters. The molecule has 2 atom stereocenters. The van der Waals surface area contributed by atoms with Crippen LogP contribution in [0, 0.1) is 0 Å². The number of hydrogen-bond donors (Lipinski definition) is 1. The third-order valence-electron chi connectivity index (χ3n) is 5.85. The minimum absolute atomic E-state index is 0.0677. The molecule has 9 heteroatoms. The standard InChI is InChI=1S/C24H29N5O3S/c1-16-12-28(13-17(2)32-16)20-9-7-19(8-10-20)25-22(30)15-33-24-27-26-23(18-5-6-18)29(24)14-21-4-3-11-31-21/h3-4,7-11,16-18H,5-6,12-15H2,1-2H3,(H,25,30). The lowest BCUT2D eigenvalue weighted by molar-refractivity contribution is -0.113. The number of ether oxygens (including phenoxy) is 1. The molecular weight excluding hydrogens is 438 g/mol. The molecule has 1 aromatic carbocycles. The van der Waals surface area contributed by atoms with Crippen LogP contribution < -0.4 is 10.2 Å². The number of nitrogens with one attached hydrogen (secondary N) is 1. The van der Waals surface area contributed by atoms with Crippen LogP contribution in [0.2, 0.25) is 0 Å². The molecule has 0 radical (unpaired) electrons. The highest BCUT2D eigenvalue weighted by molar-refractivity contribution is 7.99. The maximum absolute atomic E-state index is 12.6. The van der Waals surface area contributed by atoms with Crippen LogP contribution in [0.5, 0.6) is 0 Å². The molecule has 2 aliphatic rings. The molecular formula is C24H29N5O3S. The molecule has 1 saturated heterocycles. The zero-order valence-electron chi connectivity index (χ0n) is 18.9. The Hall–Kier alpha value is -2.78. The number of amides is 1. The van der Waals surface area contributed by atoms with Crippen LogP contribution in [0.3, 0.4) is 0 Å². The monoisotopic (exact) mass is 467 g/mol. The molecule has 33 heavy (non-hydrogen) atoms. The van der Waals surface area contributed by atoms with Crippen molar-refractivity contribution in [3.63, 3.8) is 0 Å². The number of aromatic nitrogens is 3. The zero-order chi connectivity index (χ0) is 22.8. The second-order valence-corrected chi connectivity index (χ2v) is 9.77. The number of benzene rings is 1. The van der Waals surface area contributed by atoms with Crippen molar-refractivity contribution >= 4 is 29.0 Å². The highest BCUT2D eigenvalue weighted by atomic mass is 32.2. The predicted molar refractivity (Wildman–Crippen MR) is 128 cm³/mol. The second-order valence-electron chi connectivity index (χ2n) is 8.83. The molecule has 0 bridgehead atoms. The quantitative estimate of drug-likeness (QED) is 0.498. The Morgan fingerprint density at radius 1 is 1.12 bits per heavy atom. The van der Waals surface area contributed by atoms with Gasteiger partial charge in [-0.1, -0.05) is 11.8 Å². The average molecular weight is 468 g/mol. The molecule has 2 fully saturated rings. The number of hydrogen-bond acceptors (Lipinski definition) is 7. The van der Waals surface area contributed by atoms with Gasteiger partial charge in [0.1, 0.15) is 11.6 Å². The number of carbonyl (C=O) groups is 1. The number of furan rings is 1. The lowest BCUT2D eigenvalue weighted by atomic mass is 10.2. The van der Waals surface area contributed by atoms with Crippen molar-refractivity contribution in [2.75, 3.05) is 29.1 Å². The normalized spacial score (nSPS) is 20.7. The van der Waals surface area contributed by atoms with Gasteiger partial charge in [-0.25, -0.2) is 0 Å². The molecule has 174 valence electrons. The highest BCUT2D eigenvalue weighted by Crippen LogP contribution is 2.40. The van der Waals surface area contributed by atoms with Gasteiger partial charge in [0.2, 0.25) is 5.91 Å². The van der Waals surface area contributed by atoms with E-state index in [-0.39, 0.29) is 23.9 Å². The summed E-state index contributed by atoms with van der Waals surface area (Å²) in [7, 11) is 0. The van der Waals surface area contributed by atoms with Gasteiger partial charge in [-0.15, -0.1) is 10.2 Å². The first-order valence-corrected chi connectivity index (χ1v) is 12.4. The van der Waals surface area contributed by atoms with E-state index in [9.17, 15) is 4.79 Å². The van der Waals surface area contributed by atoms with E-state index in [0.29, 0.717) is 12.5 Å². The molecule has 1 aliphatic carbocycles. The van der Waals surface area contributed by atoms with Gasteiger partial charge in [-0.3, -0.25) is 9.36 Å². The Balaban J connectivity index is 1.18. The minimum atomic E-state index is -0.0677. The number of carbonyl (C=O) groups excluding carboxylic acids is 1. The molecule has 0 spiro atoms. The molecule has 8 nitrogen and oxygen atoms in total. The summed E-state index contributed by atoms with van der Waals surface area (Å²) in [5.41, 5.74) is 1.93. The smallest absolute Gasteiger partial charge is 0.234 e. The van der Waals surface area contributed by atoms with Crippen LogP contribution in [0.1, 0.15) is 44.2 Å². The van der Waals surface area contributed by atoms with Gasteiger partial charge >= 0.3 is 0 Å². The molecule has 1 aliphatic heterocycles. The third kappa shape index (κ3) is 5.42. The average Bonchev–Trinajstić information content (AvgIpc) is 3.35. The van der Waals surface area contributed by atoms with Crippen molar-refractivity contribution in [3.05, 3.63) is 54.2 Å². The number of morpholine rings is 1. The summed E-state index contributed by atoms with van der Waals surface area (Å²) < 4.78 is 13.4. The van der Waals surface area contributed by atoms with E-state index in [0.717, 1.165) is 54.0 Å². The van der Waals surface area contributed by atoms with Gasteiger partial charge in [-0.05, 0) is 63.1 Å². The number of nitrogens with zero attached hydrogens (tertiary/aromatic N) is 4. The van der Waals surface area contributed by atoms with Crippen molar-refractivity contribution in [1.82, 2.24) is 14.8 Å². The highest BCUT2D eigenvalue weighted by Gasteiger charge is 2.31. The lowest BCUT2D eigenvalue weighted by Crippen LogP contribution is -2.45. The van der Waals surface area contributed by atoms with Gasteiger partial charge in [0.25, 0.3) is 0 Å². The van der Waals surface area contributed by atoms with Crippen LogP contribution in [-0.4, -0.2) is 51.7 Å². The largest absolute Gasteiger partial charge is 0.467 e. The fourth-order valence-electron chi connectivity index (χ4n) is 4.23. The maximum atomic E-state index is 12.6. The van der Waals surface area contributed by atoms with E-state index in [2.05, 4.69) is 51.0 Å². The molecule has 2 aromatic heterocycles. The molecule has 5 rings (SSSR count). The summed E-state index contributed by atoms with van der Waals surface area (Å²) in [5, 5.41) is 12.5. The van der Waals surface area contributed by atoms with Gasteiger partial charge in [0, 0.05) is 30.4 Å². The molecule has 1 N–H and O–H groups in total. The molecule has 1 amide bonds. The van der Waals surface area contributed by atoms with Crippen molar-refractivity contribution in [1.29, 1.82) is 0 Å². The Morgan fingerprint density at radius 3 is 2.55 bits per heavy atom. The SMILES string of the molecule is CC1CN(c2ccc(NC(=O)CSc3nnc(C4CC4)n3Cc3ccco3)cc2)CC(C)O1. The maximum Gasteiger partial charge on any atom is 0.234 e. The summed E-state index contributed by atoms with van der Waals surface area (Å²) in [5.74, 6) is 2.50. The van der Waals surface area contributed by atoms with Crippen molar-refractivity contribution in [3.8, 4) is 0 Å². The Labute approximate surface area is 197 Å². The first-order valence-electron chi connectivity index (χ1n) is 11.4. The van der Waals surface area contributed by atoms with E-state index < -0.39 is 0 Å². The van der Waals surface area contributed by atoms with Crippen LogP contribution in [-0.2, 0) is 16.1 Å². The molecule has 3 aromatic rings. The van der Waals surface area contributed by atoms with Gasteiger partial charge in [0.05, 0.1) is 30.8 Å². The predicted octanol–water partition coefficient (Wildman–Crippen LogP) is 4.14. The van der Waals surface area contributed by atoms with Crippen molar-refractivity contribution in [2.45, 2.75) is 56.5 Å². The van der Waals surface area contributed by atoms with Crippen molar-refractivity contribution in [2.24, 2.45) is 0 Å². The first kappa shape index (κ1) is 22.0. The third-order valence-corrected chi connectivity index (χ3v) is 6.82. The van der Waals surface area contributed by atoms with E-state index in [1.165, 1.54) is 11.8 Å². The van der Waals surface area contributed by atoms with E-state index >= 15 is 0 Å². The zero-order valence-corrected chi connectivity index (χ0v) is 19.8. The van der Waals surface area contributed by atoms with E-state index in [1.54, 1.807) is 6.26 Å². The van der Waals surface area contributed by atoms with Crippen LogP contribution >= 0.6 is 11.8 Å². The van der Waals surface area contributed by atoms with Crippen LogP contribution in [0.4, 0.5) is 11.4 Å². The number of thioether (sulfide) groups is 1. The fraction of sp³-hybridized carbons (Fsp3) is 0.458. The Morgan fingerprint density at radius 2 is 1.88 bits per heavy atom. The van der Waals surface area contributed by atoms with Crippen LogP contribution in [0.15, 0.2) is 52.2 Å².